The van der Waals surface area contributed by atoms with Crippen molar-refractivity contribution in [3.63, 3.8) is 0 Å². The van der Waals surface area contributed by atoms with E-state index in [4.69, 9.17) is 16.3 Å². The Morgan fingerprint density at radius 3 is 2.41 bits per heavy atom. The number of sulfonamides is 1. The zero-order chi connectivity index (χ0) is 23.3. The number of benzene rings is 2. The van der Waals surface area contributed by atoms with Gasteiger partial charge in [-0.3, -0.25) is 4.79 Å². The summed E-state index contributed by atoms with van der Waals surface area (Å²) < 4.78 is 32.8. The van der Waals surface area contributed by atoms with Gasteiger partial charge in [0.25, 0.3) is 0 Å². The molecule has 0 spiro atoms. The molecule has 1 heterocycles. The van der Waals surface area contributed by atoms with Crippen LogP contribution in [0.25, 0.3) is 0 Å². The summed E-state index contributed by atoms with van der Waals surface area (Å²) in [6.07, 6.45) is 0. The van der Waals surface area contributed by atoms with Crippen LogP contribution in [0, 0.1) is 0 Å². The van der Waals surface area contributed by atoms with Gasteiger partial charge in [0.05, 0.1) is 10.6 Å². The maximum atomic E-state index is 12.3. The van der Waals surface area contributed by atoms with Crippen LogP contribution in [0.1, 0.15) is 5.82 Å². The zero-order valence-corrected chi connectivity index (χ0v) is 20.0. The molecule has 0 radical (unpaired) electrons. The standard InChI is InChI=1S/C20H22ClN5O4S2/c1-25(2)32(28,29)17-10-6-15(7-11-17)22-19(27)13-31-20-24-23-18(26(20)3)12-30-16-8-4-14(21)5-9-16/h4-11H,12-13H2,1-3H3,(H,22,27). The molecular weight excluding hydrogens is 474 g/mol. The molecule has 9 nitrogen and oxygen atoms in total. The van der Waals surface area contributed by atoms with E-state index in [0.29, 0.717) is 27.4 Å². The fourth-order valence-corrected chi connectivity index (χ4v) is 4.28. The predicted molar refractivity (Wildman–Crippen MR) is 123 cm³/mol. The van der Waals surface area contributed by atoms with Crippen LogP contribution in [-0.4, -0.2) is 53.2 Å². The highest BCUT2D eigenvalue weighted by atomic mass is 35.5. The quantitative estimate of drug-likeness (QED) is 0.455. The van der Waals surface area contributed by atoms with Gasteiger partial charge in [0.15, 0.2) is 11.0 Å². The second kappa shape index (κ2) is 10.3. The maximum absolute atomic E-state index is 12.3. The number of amides is 1. The average Bonchev–Trinajstić information content (AvgIpc) is 3.11. The topological polar surface area (TPSA) is 106 Å². The average molecular weight is 496 g/mol. The molecule has 0 aliphatic carbocycles. The first kappa shape index (κ1) is 24.1. The van der Waals surface area contributed by atoms with Crippen molar-refractivity contribution in [3.8, 4) is 5.75 Å². The summed E-state index contributed by atoms with van der Waals surface area (Å²) >= 11 is 7.09. The number of aromatic nitrogens is 3. The molecule has 12 heteroatoms. The van der Waals surface area contributed by atoms with Crippen molar-refractivity contribution in [2.75, 3.05) is 25.2 Å². The first-order valence-corrected chi connectivity index (χ1v) is 12.2. The molecule has 3 aromatic rings. The van der Waals surface area contributed by atoms with Gasteiger partial charge in [-0.05, 0) is 48.5 Å². The van der Waals surface area contributed by atoms with Gasteiger partial charge in [-0.2, -0.15) is 0 Å². The van der Waals surface area contributed by atoms with Crippen LogP contribution in [0.5, 0.6) is 5.75 Å². The van der Waals surface area contributed by atoms with E-state index in [1.54, 1.807) is 48.0 Å². The Hall–Kier alpha value is -2.60. The molecule has 0 atom stereocenters. The Balaban J connectivity index is 1.52. The molecule has 170 valence electrons. The van der Waals surface area contributed by atoms with E-state index >= 15 is 0 Å². The molecule has 0 unspecified atom stereocenters. The molecule has 32 heavy (non-hydrogen) atoms. The lowest BCUT2D eigenvalue weighted by atomic mass is 10.3. The van der Waals surface area contributed by atoms with Crippen LogP contribution in [0.4, 0.5) is 5.69 Å². The summed E-state index contributed by atoms with van der Waals surface area (Å²) in [5.41, 5.74) is 0.503. The third-order valence-electron chi connectivity index (χ3n) is 4.36. The Bertz CT molecular complexity index is 1180. The van der Waals surface area contributed by atoms with E-state index in [1.165, 1.54) is 38.0 Å². The summed E-state index contributed by atoms with van der Waals surface area (Å²) in [6.45, 7) is 0.222. The molecule has 1 amide bonds. The molecule has 0 bridgehead atoms. The van der Waals surface area contributed by atoms with Crippen LogP contribution >= 0.6 is 23.4 Å². The Morgan fingerprint density at radius 1 is 1.12 bits per heavy atom. The van der Waals surface area contributed by atoms with Crippen molar-refractivity contribution < 1.29 is 17.9 Å². The first-order chi connectivity index (χ1) is 15.2. The summed E-state index contributed by atoms with van der Waals surface area (Å²) in [5.74, 6) is 1.14. The zero-order valence-electron chi connectivity index (χ0n) is 17.6. The lowest BCUT2D eigenvalue weighted by molar-refractivity contribution is -0.113. The number of carbonyl (C=O) groups is 1. The maximum Gasteiger partial charge on any atom is 0.242 e. The van der Waals surface area contributed by atoms with Crippen LogP contribution in [-0.2, 0) is 28.5 Å². The van der Waals surface area contributed by atoms with Crippen LogP contribution in [0.15, 0.2) is 58.6 Å². The fourth-order valence-electron chi connectivity index (χ4n) is 2.52. The third-order valence-corrected chi connectivity index (χ3v) is 7.46. The molecule has 0 saturated carbocycles. The largest absolute Gasteiger partial charge is 0.486 e. The molecule has 1 aromatic heterocycles. The number of ether oxygens (including phenoxy) is 1. The number of halogens is 1. The first-order valence-electron chi connectivity index (χ1n) is 9.38. The highest BCUT2D eigenvalue weighted by Gasteiger charge is 2.17. The van der Waals surface area contributed by atoms with Crippen molar-refractivity contribution in [3.05, 3.63) is 59.4 Å². The Morgan fingerprint density at radius 2 is 1.78 bits per heavy atom. The number of hydrogen-bond acceptors (Lipinski definition) is 7. The van der Waals surface area contributed by atoms with Crippen molar-refractivity contribution in [2.45, 2.75) is 16.7 Å². The van der Waals surface area contributed by atoms with Crippen LogP contribution in [0.3, 0.4) is 0 Å². The van der Waals surface area contributed by atoms with E-state index in [-0.39, 0.29) is 23.2 Å². The number of anilines is 1. The predicted octanol–water partition coefficient (Wildman–Crippen LogP) is 3.03. The lowest BCUT2D eigenvalue weighted by Gasteiger charge is -2.12. The van der Waals surface area contributed by atoms with Gasteiger partial charge in [0, 0.05) is 31.9 Å². The SMILES string of the molecule is CN(C)S(=O)(=O)c1ccc(NC(=O)CSc2nnc(COc3ccc(Cl)cc3)n2C)cc1. The minimum atomic E-state index is -3.51. The van der Waals surface area contributed by atoms with Gasteiger partial charge in [-0.15, -0.1) is 10.2 Å². The number of rotatable bonds is 9. The van der Waals surface area contributed by atoms with E-state index in [1.807, 2.05) is 0 Å². The van der Waals surface area contributed by atoms with Crippen LogP contribution < -0.4 is 10.1 Å². The van der Waals surface area contributed by atoms with Gasteiger partial charge in [0.2, 0.25) is 15.9 Å². The summed E-state index contributed by atoms with van der Waals surface area (Å²) in [4.78, 5) is 12.4. The van der Waals surface area contributed by atoms with Crippen molar-refractivity contribution >= 4 is 45.0 Å². The Labute approximate surface area is 195 Å². The minimum Gasteiger partial charge on any atom is -0.486 e. The van der Waals surface area contributed by atoms with E-state index in [9.17, 15) is 13.2 Å². The van der Waals surface area contributed by atoms with E-state index in [0.717, 1.165) is 4.31 Å². The summed E-state index contributed by atoms with van der Waals surface area (Å²) in [5, 5.41) is 12.1. The molecule has 3 rings (SSSR count). The van der Waals surface area contributed by atoms with Gasteiger partial charge >= 0.3 is 0 Å². The number of thioether (sulfide) groups is 1. The number of nitrogens with one attached hydrogen (secondary N) is 1. The number of nitrogens with zero attached hydrogens (tertiary/aromatic N) is 4. The molecular formula is C20H22ClN5O4S2. The van der Waals surface area contributed by atoms with E-state index in [2.05, 4.69) is 15.5 Å². The van der Waals surface area contributed by atoms with Gasteiger partial charge in [-0.1, -0.05) is 23.4 Å². The summed E-state index contributed by atoms with van der Waals surface area (Å²) in [7, 11) is 1.21. The van der Waals surface area contributed by atoms with Gasteiger partial charge in [-0.25, -0.2) is 12.7 Å². The normalized spacial score (nSPS) is 11.5. The molecule has 1 N–H and O–H groups in total. The van der Waals surface area contributed by atoms with Crippen molar-refractivity contribution in [1.29, 1.82) is 0 Å². The highest BCUT2D eigenvalue weighted by molar-refractivity contribution is 7.99. The molecule has 2 aromatic carbocycles. The van der Waals surface area contributed by atoms with Crippen LogP contribution in [0.2, 0.25) is 5.02 Å². The van der Waals surface area contributed by atoms with Gasteiger partial charge < -0.3 is 14.6 Å². The second-order valence-electron chi connectivity index (χ2n) is 6.85. The van der Waals surface area contributed by atoms with Crippen molar-refractivity contribution in [2.24, 2.45) is 7.05 Å². The number of hydrogen-bond donors (Lipinski definition) is 1. The molecule has 0 fully saturated rings. The Kier molecular flexibility index (Phi) is 7.77. The van der Waals surface area contributed by atoms with Gasteiger partial charge in [0.1, 0.15) is 12.4 Å². The van der Waals surface area contributed by atoms with Crippen molar-refractivity contribution in [1.82, 2.24) is 19.1 Å². The lowest BCUT2D eigenvalue weighted by Crippen LogP contribution is -2.22. The second-order valence-corrected chi connectivity index (χ2v) is 10.4. The molecule has 0 aliphatic rings. The monoisotopic (exact) mass is 495 g/mol. The smallest absolute Gasteiger partial charge is 0.242 e. The number of carbonyl (C=O) groups excluding carboxylic acids is 1. The molecule has 0 aliphatic heterocycles. The highest BCUT2D eigenvalue weighted by Crippen LogP contribution is 2.20. The third kappa shape index (κ3) is 6.00. The fraction of sp³-hybridized carbons (Fsp3) is 0.250. The minimum absolute atomic E-state index is 0.113. The summed E-state index contributed by atoms with van der Waals surface area (Å²) in [6, 6.07) is 13.0. The van der Waals surface area contributed by atoms with E-state index < -0.39 is 10.0 Å². The molecule has 0 saturated heterocycles.